The van der Waals surface area contributed by atoms with Crippen molar-refractivity contribution in [1.82, 2.24) is 10.2 Å². The summed E-state index contributed by atoms with van der Waals surface area (Å²) in [4.78, 5) is 2.72. The van der Waals surface area contributed by atoms with Gasteiger partial charge in [0, 0.05) is 32.8 Å². The molecule has 2 fully saturated rings. The molecule has 1 N–H and O–H groups in total. The third-order valence-corrected chi connectivity index (χ3v) is 4.78. The molecule has 0 amide bonds. The summed E-state index contributed by atoms with van der Waals surface area (Å²) in [6, 6.07) is 0. The molecule has 0 bridgehead atoms. The number of hydrogen-bond donors (Lipinski definition) is 1. The molecule has 2 aliphatic rings. The fraction of sp³-hybridized carbons (Fsp3) is 1.00. The van der Waals surface area contributed by atoms with Crippen LogP contribution in [0, 0.1) is 11.3 Å². The number of piperidine rings is 1. The first-order valence-electron chi connectivity index (χ1n) is 8.25. The highest BCUT2D eigenvalue weighted by Gasteiger charge is 2.34. The lowest BCUT2D eigenvalue weighted by Gasteiger charge is -2.43. The number of hydrogen-bond acceptors (Lipinski definition) is 3. The Bertz CT molecular complexity index is 251. The zero-order chi connectivity index (χ0) is 13.6. The van der Waals surface area contributed by atoms with Gasteiger partial charge in [0.1, 0.15) is 0 Å². The molecular weight excluding hydrogens is 236 g/mol. The third-order valence-electron chi connectivity index (χ3n) is 4.78. The summed E-state index contributed by atoms with van der Waals surface area (Å²) in [6.07, 6.45) is 6.49. The normalized spacial score (nSPS) is 28.4. The lowest BCUT2D eigenvalue weighted by atomic mass is 9.79. The van der Waals surface area contributed by atoms with Gasteiger partial charge in [0.25, 0.3) is 0 Å². The molecule has 0 spiro atoms. The minimum atomic E-state index is 0.463. The van der Waals surface area contributed by atoms with E-state index in [9.17, 15) is 0 Å². The van der Waals surface area contributed by atoms with Gasteiger partial charge >= 0.3 is 0 Å². The van der Waals surface area contributed by atoms with Gasteiger partial charge in [-0.15, -0.1) is 0 Å². The number of nitrogens with one attached hydrogen (secondary N) is 1. The molecule has 2 aliphatic heterocycles. The zero-order valence-corrected chi connectivity index (χ0v) is 12.9. The lowest BCUT2D eigenvalue weighted by Crippen LogP contribution is -2.49. The molecular formula is C16H32N2O. The molecule has 1 unspecified atom stereocenters. The maximum atomic E-state index is 5.60. The molecule has 0 radical (unpaired) electrons. The van der Waals surface area contributed by atoms with E-state index in [0.717, 1.165) is 25.7 Å². The van der Waals surface area contributed by atoms with Crippen LogP contribution in [0.3, 0.4) is 0 Å². The molecule has 112 valence electrons. The Morgan fingerprint density at radius 2 is 2.11 bits per heavy atom. The molecule has 19 heavy (non-hydrogen) atoms. The Kier molecular flexibility index (Phi) is 6.11. The fourth-order valence-corrected chi connectivity index (χ4v) is 3.63. The monoisotopic (exact) mass is 268 g/mol. The van der Waals surface area contributed by atoms with Gasteiger partial charge in [-0.05, 0) is 56.5 Å². The molecule has 0 saturated carbocycles. The van der Waals surface area contributed by atoms with E-state index in [4.69, 9.17) is 4.74 Å². The van der Waals surface area contributed by atoms with Gasteiger partial charge in [0.2, 0.25) is 0 Å². The summed E-state index contributed by atoms with van der Waals surface area (Å²) < 4.78 is 5.60. The summed E-state index contributed by atoms with van der Waals surface area (Å²) in [7, 11) is 0. The van der Waals surface area contributed by atoms with Crippen molar-refractivity contribution in [1.29, 1.82) is 0 Å². The number of likely N-dealkylation sites (tertiary alicyclic amines) is 1. The predicted molar refractivity (Wildman–Crippen MR) is 80.5 cm³/mol. The van der Waals surface area contributed by atoms with Crippen LogP contribution in [0.5, 0.6) is 0 Å². The van der Waals surface area contributed by atoms with Crippen molar-refractivity contribution in [3.05, 3.63) is 0 Å². The van der Waals surface area contributed by atoms with Crippen LogP contribution in [-0.2, 0) is 4.74 Å². The summed E-state index contributed by atoms with van der Waals surface area (Å²) in [5, 5.41) is 3.66. The van der Waals surface area contributed by atoms with Crippen LogP contribution in [0.2, 0.25) is 0 Å². The van der Waals surface area contributed by atoms with Crippen LogP contribution in [0.25, 0.3) is 0 Å². The van der Waals surface area contributed by atoms with Gasteiger partial charge in [-0.1, -0.05) is 13.8 Å². The first-order valence-corrected chi connectivity index (χ1v) is 8.25. The minimum Gasteiger partial charge on any atom is -0.381 e. The van der Waals surface area contributed by atoms with Crippen LogP contribution in [0.4, 0.5) is 0 Å². The van der Waals surface area contributed by atoms with E-state index in [1.165, 1.54) is 58.3 Å². The van der Waals surface area contributed by atoms with E-state index < -0.39 is 0 Å². The van der Waals surface area contributed by atoms with Crippen molar-refractivity contribution in [2.75, 3.05) is 45.9 Å². The van der Waals surface area contributed by atoms with Crippen molar-refractivity contribution < 1.29 is 4.74 Å². The number of rotatable bonds is 6. The Morgan fingerprint density at radius 1 is 1.32 bits per heavy atom. The van der Waals surface area contributed by atoms with E-state index in [-0.39, 0.29) is 0 Å². The van der Waals surface area contributed by atoms with Crippen molar-refractivity contribution in [2.45, 2.75) is 46.0 Å². The average molecular weight is 268 g/mol. The van der Waals surface area contributed by atoms with E-state index in [2.05, 4.69) is 24.1 Å². The molecule has 0 aromatic carbocycles. The Morgan fingerprint density at radius 3 is 2.79 bits per heavy atom. The molecule has 2 saturated heterocycles. The van der Waals surface area contributed by atoms with Gasteiger partial charge in [-0.2, -0.15) is 0 Å². The smallest absolute Gasteiger partial charge is 0.0472 e. The minimum absolute atomic E-state index is 0.463. The fourth-order valence-electron chi connectivity index (χ4n) is 3.63. The second-order valence-corrected chi connectivity index (χ2v) is 6.77. The SMILES string of the molecule is CCCNCC1(CN2CCCC(C)C2)CCOCC1. The van der Waals surface area contributed by atoms with E-state index >= 15 is 0 Å². The molecule has 0 aromatic rings. The molecule has 0 aromatic heterocycles. The summed E-state index contributed by atoms with van der Waals surface area (Å²) in [5.74, 6) is 0.884. The Balaban J connectivity index is 1.88. The largest absolute Gasteiger partial charge is 0.381 e. The maximum absolute atomic E-state index is 5.60. The molecule has 2 heterocycles. The molecule has 1 atom stereocenters. The highest BCUT2D eigenvalue weighted by atomic mass is 16.5. The van der Waals surface area contributed by atoms with Gasteiger partial charge < -0.3 is 15.0 Å². The van der Waals surface area contributed by atoms with Crippen molar-refractivity contribution in [3.63, 3.8) is 0 Å². The number of ether oxygens (including phenoxy) is 1. The van der Waals surface area contributed by atoms with Crippen molar-refractivity contribution >= 4 is 0 Å². The Hall–Kier alpha value is -0.120. The molecule has 0 aliphatic carbocycles. The second-order valence-electron chi connectivity index (χ2n) is 6.77. The Labute approximate surface area is 119 Å². The quantitative estimate of drug-likeness (QED) is 0.749. The van der Waals surface area contributed by atoms with E-state index in [0.29, 0.717) is 5.41 Å². The van der Waals surface area contributed by atoms with Crippen molar-refractivity contribution in [3.8, 4) is 0 Å². The number of nitrogens with zero attached hydrogens (tertiary/aromatic N) is 1. The summed E-state index contributed by atoms with van der Waals surface area (Å²) in [6.45, 7) is 12.8. The zero-order valence-electron chi connectivity index (χ0n) is 12.9. The molecule has 3 nitrogen and oxygen atoms in total. The first kappa shape index (κ1) is 15.3. The predicted octanol–water partition coefficient (Wildman–Crippen LogP) is 2.51. The van der Waals surface area contributed by atoms with Gasteiger partial charge in [0.15, 0.2) is 0 Å². The summed E-state index contributed by atoms with van der Waals surface area (Å²) in [5.41, 5.74) is 0.463. The second kappa shape index (κ2) is 7.61. The van der Waals surface area contributed by atoms with Crippen LogP contribution >= 0.6 is 0 Å². The van der Waals surface area contributed by atoms with Crippen LogP contribution in [0.15, 0.2) is 0 Å². The van der Waals surface area contributed by atoms with Crippen LogP contribution in [0.1, 0.15) is 46.0 Å². The van der Waals surface area contributed by atoms with Crippen molar-refractivity contribution in [2.24, 2.45) is 11.3 Å². The van der Waals surface area contributed by atoms with E-state index in [1.807, 2.05) is 0 Å². The maximum Gasteiger partial charge on any atom is 0.0472 e. The first-order chi connectivity index (χ1) is 9.24. The van der Waals surface area contributed by atoms with Crippen LogP contribution in [-0.4, -0.2) is 50.8 Å². The van der Waals surface area contributed by atoms with E-state index in [1.54, 1.807) is 0 Å². The van der Waals surface area contributed by atoms with Crippen LogP contribution < -0.4 is 5.32 Å². The highest BCUT2D eigenvalue weighted by Crippen LogP contribution is 2.32. The third kappa shape index (κ3) is 4.73. The standard InChI is InChI=1S/C16H32N2O/c1-3-8-17-13-16(6-10-19-11-7-16)14-18-9-4-5-15(2)12-18/h15,17H,3-14H2,1-2H3. The summed E-state index contributed by atoms with van der Waals surface area (Å²) >= 11 is 0. The molecule has 3 heteroatoms. The highest BCUT2D eigenvalue weighted by molar-refractivity contribution is 4.88. The topological polar surface area (TPSA) is 24.5 Å². The van der Waals surface area contributed by atoms with Gasteiger partial charge in [-0.25, -0.2) is 0 Å². The lowest BCUT2D eigenvalue weighted by molar-refractivity contribution is -0.0102. The van der Waals surface area contributed by atoms with Gasteiger partial charge in [-0.3, -0.25) is 0 Å². The van der Waals surface area contributed by atoms with Gasteiger partial charge in [0.05, 0.1) is 0 Å². The average Bonchev–Trinajstić information content (AvgIpc) is 2.40. The molecule has 2 rings (SSSR count).